The molecule has 0 bridgehead atoms. The Morgan fingerprint density at radius 3 is 3.20 bits per heavy atom. The highest BCUT2D eigenvalue weighted by Crippen LogP contribution is 2.27. The maximum atomic E-state index is 10.5. The number of ether oxygens (including phenoxy) is 2. The number of hydrogen-bond donors (Lipinski definition) is 1. The fourth-order valence-corrected chi connectivity index (χ4v) is 1.44. The van der Waals surface area contributed by atoms with Gasteiger partial charge >= 0.3 is 5.97 Å². The number of aromatic nitrogens is 1. The van der Waals surface area contributed by atoms with Gasteiger partial charge in [0.25, 0.3) is 0 Å². The Hall–Kier alpha value is -1.46. The largest absolute Gasteiger partial charge is 0.481 e. The summed E-state index contributed by atoms with van der Waals surface area (Å²) in [4.78, 5) is 14.4. The predicted molar refractivity (Wildman–Crippen MR) is 50.1 cm³/mol. The third-order valence-electron chi connectivity index (χ3n) is 2.11. The van der Waals surface area contributed by atoms with Crippen LogP contribution in [-0.4, -0.2) is 28.8 Å². The second-order valence-corrected chi connectivity index (χ2v) is 3.31. The summed E-state index contributed by atoms with van der Waals surface area (Å²) in [6.45, 7) is 0.311. The van der Waals surface area contributed by atoms with Crippen molar-refractivity contribution in [1.82, 2.24) is 4.98 Å². The molecule has 0 amide bonds. The summed E-state index contributed by atoms with van der Waals surface area (Å²) in [6.07, 6.45) is 2.42. The van der Waals surface area contributed by atoms with Crippen LogP contribution in [0.1, 0.15) is 18.3 Å². The molecule has 5 heteroatoms. The van der Waals surface area contributed by atoms with E-state index in [0.29, 0.717) is 6.61 Å². The van der Waals surface area contributed by atoms with Gasteiger partial charge in [0.05, 0.1) is 19.1 Å². The zero-order chi connectivity index (χ0) is 10.7. The van der Waals surface area contributed by atoms with Crippen LogP contribution in [-0.2, 0) is 14.3 Å². The molecule has 2 unspecified atom stereocenters. The summed E-state index contributed by atoms with van der Waals surface area (Å²) >= 11 is 0. The van der Waals surface area contributed by atoms with E-state index in [1.165, 1.54) is 0 Å². The zero-order valence-electron chi connectivity index (χ0n) is 8.00. The SMILES string of the molecule is O=C(O)CC1COC(c2cccnc2)O1. The van der Waals surface area contributed by atoms with E-state index in [1.54, 1.807) is 18.5 Å². The van der Waals surface area contributed by atoms with Crippen LogP contribution in [0.3, 0.4) is 0 Å². The van der Waals surface area contributed by atoms with Crippen molar-refractivity contribution in [2.45, 2.75) is 18.8 Å². The number of carbonyl (C=O) groups is 1. The molecule has 2 rings (SSSR count). The molecule has 1 aromatic heterocycles. The number of carboxylic acid groups (broad SMARTS) is 1. The van der Waals surface area contributed by atoms with Crippen molar-refractivity contribution in [2.75, 3.05) is 6.61 Å². The third-order valence-corrected chi connectivity index (χ3v) is 2.11. The summed E-state index contributed by atoms with van der Waals surface area (Å²) in [7, 11) is 0. The zero-order valence-corrected chi connectivity index (χ0v) is 8.00. The summed E-state index contributed by atoms with van der Waals surface area (Å²) in [5.41, 5.74) is 0.811. The van der Waals surface area contributed by atoms with Crippen molar-refractivity contribution in [3.63, 3.8) is 0 Å². The summed E-state index contributed by atoms with van der Waals surface area (Å²) < 4.78 is 10.7. The highest BCUT2D eigenvalue weighted by atomic mass is 16.7. The summed E-state index contributed by atoms with van der Waals surface area (Å²) in [5.74, 6) is -0.879. The van der Waals surface area contributed by atoms with Gasteiger partial charge < -0.3 is 14.6 Å². The van der Waals surface area contributed by atoms with Gasteiger partial charge in [-0.05, 0) is 6.07 Å². The Labute approximate surface area is 86.7 Å². The molecule has 1 saturated heterocycles. The van der Waals surface area contributed by atoms with Crippen molar-refractivity contribution in [3.8, 4) is 0 Å². The van der Waals surface area contributed by atoms with Crippen LogP contribution in [0, 0.1) is 0 Å². The van der Waals surface area contributed by atoms with Crippen molar-refractivity contribution in [3.05, 3.63) is 30.1 Å². The lowest BCUT2D eigenvalue weighted by atomic mass is 10.3. The van der Waals surface area contributed by atoms with E-state index in [1.807, 2.05) is 6.07 Å². The molecule has 2 heterocycles. The number of pyridine rings is 1. The minimum Gasteiger partial charge on any atom is -0.481 e. The quantitative estimate of drug-likeness (QED) is 0.803. The Balaban J connectivity index is 1.96. The molecule has 1 aliphatic heterocycles. The van der Waals surface area contributed by atoms with Crippen LogP contribution in [0.15, 0.2) is 24.5 Å². The van der Waals surface area contributed by atoms with Crippen LogP contribution in [0.2, 0.25) is 0 Å². The number of hydrogen-bond acceptors (Lipinski definition) is 4. The lowest BCUT2D eigenvalue weighted by Crippen LogP contribution is -2.15. The highest BCUT2D eigenvalue weighted by Gasteiger charge is 2.28. The fourth-order valence-electron chi connectivity index (χ4n) is 1.44. The van der Waals surface area contributed by atoms with E-state index in [9.17, 15) is 4.79 Å². The first kappa shape index (κ1) is 10.1. The molecule has 2 atom stereocenters. The van der Waals surface area contributed by atoms with Gasteiger partial charge in [0, 0.05) is 18.0 Å². The highest BCUT2D eigenvalue weighted by molar-refractivity contribution is 5.67. The Kier molecular flexibility index (Phi) is 2.94. The van der Waals surface area contributed by atoms with Crippen molar-refractivity contribution in [2.24, 2.45) is 0 Å². The molecule has 0 aromatic carbocycles. The Morgan fingerprint density at radius 1 is 1.67 bits per heavy atom. The molecule has 0 aliphatic carbocycles. The smallest absolute Gasteiger partial charge is 0.306 e. The van der Waals surface area contributed by atoms with E-state index < -0.39 is 12.3 Å². The van der Waals surface area contributed by atoms with Crippen LogP contribution < -0.4 is 0 Å². The first-order chi connectivity index (χ1) is 7.25. The lowest BCUT2D eigenvalue weighted by molar-refractivity contribution is -0.140. The number of nitrogens with zero attached hydrogens (tertiary/aromatic N) is 1. The predicted octanol–water partition coefficient (Wildman–Crippen LogP) is 0.970. The topological polar surface area (TPSA) is 68.7 Å². The maximum Gasteiger partial charge on any atom is 0.306 e. The Morgan fingerprint density at radius 2 is 2.53 bits per heavy atom. The van der Waals surface area contributed by atoms with Gasteiger partial charge in [0.1, 0.15) is 0 Å². The molecular formula is C10H11NO4. The number of aliphatic carboxylic acids is 1. The van der Waals surface area contributed by atoms with Crippen molar-refractivity contribution in [1.29, 1.82) is 0 Å². The molecule has 15 heavy (non-hydrogen) atoms. The number of carboxylic acids is 1. The monoisotopic (exact) mass is 209 g/mol. The molecule has 1 N–H and O–H groups in total. The fraction of sp³-hybridized carbons (Fsp3) is 0.400. The van der Waals surface area contributed by atoms with Gasteiger partial charge in [-0.2, -0.15) is 0 Å². The molecule has 0 radical (unpaired) electrons. The van der Waals surface area contributed by atoms with E-state index >= 15 is 0 Å². The third kappa shape index (κ3) is 2.51. The van der Waals surface area contributed by atoms with Gasteiger partial charge in [-0.25, -0.2) is 0 Å². The molecule has 5 nitrogen and oxygen atoms in total. The lowest BCUT2D eigenvalue weighted by Gasteiger charge is -2.09. The van der Waals surface area contributed by atoms with Gasteiger partial charge in [0.2, 0.25) is 0 Å². The average molecular weight is 209 g/mol. The average Bonchev–Trinajstić information content (AvgIpc) is 2.67. The minimum atomic E-state index is -0.879. The molecule has 1 fully saturated rings. The minimum absolute atomic E-state index is 0.0310. The van der Waals surface area contributed by atoms with Crippen LogP contribution >= 0.6 is 0 Å². The van der Waals surface area contributed by atoms with Crippen molar-refractivity contribution < 1.29 is 19.4 Å². The second kappa shape index (κ2) is 4.37. The standard InChI is InChI=1S/C10H11NO4/c12-9(13)4-8-6-14-10(15-8)7-2-1-3-11-5-7/h1-3,5,8,10H,4,6H2,(H,12,13). The van der Waals surface area contributed by atoms with Crippen LogP contribution in [0.25, 0.3) is 0 Å². The second-order valence-electron chi connectivity index (χ2n) is 3.31. The summed E-state index contributed by atoms with van der Waals surface area (Å²) in [6, 6.07) is 3.62. The van der Waals surface area contributed by atoms with E-state index in [0.717, 1.165) is 5.56 Å². The van der Waals surface area contributed by atoms with Crippen LogP contribution in [0.5, 0.6) is 0 Å². The van der Waals surface area contributed by atoms with Crippen molar-refractivity contribution >= 4 is 5.97 Å². The van der Waals surface area contributed by atoms with Gasteiger partial charge in [0.15, 0.2) is 6.29 Å². The molecule has 1 aromatic rings. The first-order valence-electron chi connectivity index (χ1n) is 4.64. The molecule has 80 valence electrons. The van der Waals surface area contributed by atoms with Gasteiger partial charge in [-0.15, -0.1) is 0 Å². The normalized spacial score (nSPS) is 25.3. The van der Waals surface area contributed by atoms with E-state index in [-0.39, 0.29) is 12.5 Å². The van der Waals surface area contributed by atoms with Crippen LogP contribution in [0.4, 0.5) is 0 Å². The maximum absolute atomic E-state index is 10.5. The van der Waals surface area contributed by atoms with Gasteiger partial charge in [-0.3, -0.25) is 9.78 Å². The summed E-state index contributed by atoms with van der Waals surface area (Å²) in [5, 5.41) is 8.58. The molecule has 1 aliphatic rings. The first-order valence-corrected chi connectivity index (χ1v) is 4.64. The molecule has 0 saturated carbocycles. The van der Waals surface area contributed by atoms with E-state index in [4.69, 9.17) is 14.6 Å². The molecule has 0 spiro atoms. The number of rotatable bonds is 3. The van der Waals surface area contributed by atoms with E-state index in [2.05, 4.69) is 4.98 Å². The molecular weight excluding hydrogens is 198 g/mol. The Bertz CT molecular complexity index is 341. The van der Waals surface area contributed by atoms with Gasteiger partial charge in [-0.1, -0.05) is 6.07 Å².